The number of nitrogens with zero attached hydrogens (tertiary/aromatic N) is 4. The minimum absolute atomic E-state index is 0.541. The molecule has 0 unspecified atom stereocenters. The number of anilines is 1. The molecule has 3 aromatic rings. The smallest absolute Gasteiger partial charge is 0.181 e. The van der Waals surface area contributed by atoms with E-state index in [2.05, 4.69) is 25.4 Å². The summed E-state index contributed by atoms with van der Waals surface area (Å²) in [5.41, 5.74) is 3.28. The third-order valence-electron chi connectivity index (χ3n) is 2.46. The zero-order chi connectivity index (χ0) is 12.5. The highest BCUT2D eigenvalue weighted by Gasteiger charge is 2.11. The quantitative estimate of drug-likeness (QED) is 0.537. The number of aromatic nitrogens is 4. The fourth-order valence-corrected chi connectivity index (χ4v) is 2.57. The summed E-state index contributed by atoms with van der Waals surface area (Å²) >= 11 is 1.60. The minimum atomic E-state index is 0.541. The van der Waals surface area contributed by atoms with Gasteiger partial charge < -0.3 is 5.43 Å². The predicted octanol–water partition coefficient (Wildman–Crippen LogP) is 1.74. The SMILES string of the molecule is Cc1cc2c(NN)nc(-c3ccncn3)nc2s1. The molecule has 3 aromatic heterocycles. The van der Waals surface area contributed by atoms with Crippen LogP contribution in [0.4, 0.5) is 5.82 Å². The zero-order valence-corrected chi connectivity index (χ0v) is 10.4. The third kappa shape index (κ3) is 1.79. The lowest BCUT2D eigenvalue weighted by atomic mass is 10.3. The zero-order valence-electron chi connectivity index (χ0n) is 9.58. The lowest BCUT2D eigenvalue weighted by Crippen LogP contribution is -2.10. The van der Waals surface area contributed by atoms with Crippen LogP contribution >= 0.6 is 11.3 Å². The molecule has 0 aromatic carbocycles. The molecule has 0 aliphatic heterocycles. The standard InChI is InChI=1S/C11H10N6S/c1-6-4-7-9(17-12)15-10(16-11(7)18-6)8-2-3-13-5-14-8/h2-5H,12H2,1H3,(H,15,16,17). The van der Waals surface area contributed by atoms with Crippen LogP contribution in [-0.2, 0) is 0 Å². The first-order valence-corrected chi connectivity index (χ1v) is 6.11. The van der Waals surface area contributed by atoms with Gasteiger partial charge in [0.15, 0.2) is 11.6 Å². The fourth-order valence-electron chi connectivity index (χ4n) is 1.69. The Morgan fingerprint density at radius 3 is 2.94 bits per heavy atom. The first-order valence-electron chi connectivity index (χ1n) is 5.29. The number of thiophene rings is 1. The van der Waals surface area contributed by atoms with E-state index in [4.69, 9.17) is 5.84 Å². The maximum absolute atomic E-state index is 5.50. The maximum atomic E-state index is 5.50. The molecule has 7 heteroatoms. The Morgan fingerprint density at radius 1 is 1.33 bits per heavy atom. The summed E-state index contributed by atoms with van der Waals surface area (Å²) in [5, 5.41) is 0.929. The number of fused-ring (bicyclic) bond motifs is 1. The Hall–Kier alpha value is -2.12. The maximum Gasteiger partial charge on any atom is 0.181 e. The largest absolute Gasteiger partial charge is 0.308 e. The van der Waals surface area contributed by atoms with Crippen molar-refractivity contribution in [3.8, 4) is 11.5 Å². The Kier molecular flexibility index (Phi) is 2.62. The Bertz CT molecular complexity index is 693. The second kappa shape index (κ2) is 4.28. The molecule has 90 valence electrons. The average molecular weight is 258 g/mol. The van der Waals surface area contributed by atoms with Crippen LogP contribution in [0.2, 0.25) is 0 Å². The highest BCUT2D eigenvalue weighted by Crippen LogP contribution is 2.29. The Balaban J connectivity index is 2.25. The lowest BCUT2D eigenvalue weighted by Gasteiger charge is -2.04. The van der Waals surface area contributed by atoms with Crippen LogP contribution in [0, 0.1) is 6.92 Å². The molecule has 0 atom stereocenters. The van der Waals surface area contributed by atoms with Crippen molar-refractivity contribution < 1.29 is 0 Å². The Labute approximate surface area is 107 Å². The molecule has 6 nitrogen and oxygen atoms in total. The predicted molar refractivity (Wildman–Crippen MR) is 71.0 cm³/mol. The first kappa shape index (κ1) is 11.0. The second-order valence-electron chi connectivity index (χ2n) is 3.71. The van der Waals surface area contributed by atoms with E-state index in [0.29, 0.717) is 17.3 Å². The van der Waals surface area contributed by atoms with Crippen molar-refractivity contribution in [1.29, 1.82) is 0 Å². The van der Waals surface area contributed by atoms with Gasteiger partial charge in [-0.3, -0.25) is 0 Å². The van der Waals surface area contributed by atoms with Gasteiger partial charge in [-0.2, -0.15) is 0 Å². The molecule has 0 fully saturated rings. The van der Waals surface area contributed by atoms with Crippen molar-refractivity contribution in [1.82, 2.24) is 19.9 Å². The van der Waals surface area contributed by atoms with Crippen LogP contribution < -0.4 is 11.3 Å². The van der Waals surface area contributed by atoms with Gasteiger partial charge in [-0.05, 0) is 19.1 Å². The van der Waals surface area contributed by atoms with Gasteiger partial charge in [0.25, 0.3) is 0 Å². The number of aryl methyl sites for hydroxylation is 1. The van der Waals surface area contributed by atoms with Crippen LogP contribution in [0.3, 0.4) is 0 Å². The molecular weight excluding hydrogens is 248 g/mol. The van der Waals surface area contributed by atoms with Crippen molar-refractivity contribution in [2.75, 3.05) is 5.43 Å². The third-order valence-corrected chi connectivity index (χ3v) is 3.41. The van der Waals surface area contributed by atoms with Gasteiger partial charge in [0, 0.05) is 11.1 Å². The van der Waals surface area contributed by atoms with Gasteiger partial charge in [-0.1, -0.05) is 0 Å². The molecule has 3 N–H and O–H groups in total. The van der Waals surface area contributed by atoms with Gasteiger partial charge in [0.2, 0.25) is 0 Å². The summed E-state index contributed by atoms with van der Waals surface area (Å²) in [5.74, 6) is 6.65. The molecule has 0 bridgehead atoms. The average Bonchev–Trinajstić information content (AvgIpc) is 2.78. The van der Waals surface area contributed by atoms with E-state index in [1.807, 2.05) is 13.0 Å². The van der Waals surface area contributed by atoms with Gasteiger partial charge in [-0.25, -0.2) is 25.8 Å². The molecule has 0 saturated heterocycles. The molecule has 0 aliphatic rings. The number of hydrazine groups is 1. The molecule has 0 saturated carbocycles. The second-order valence-corrected chi connectivity index (χ2v) is 4.95. The molecule has 0 amide bonds. The van der Waals surface area contributed by atoms with Crippen LogP contribution in [0.1, 0.15) is 4.88 Å². The van der Waals surface area contributed by atoms with Crippen LogP contribution in [0.25, 0.3) is 21.7 Å². The summed E-state index contributed by atoms with van der Waals surface area (Å²) in [7, 11) is 0. The van der Waals surface area contributed by atoms with E-state index in [1.165, 1.54) is 6.33 Å². The number of nitrogens with two attached hydrogens (primary N) is 1. The normalized spacial score (nSPS) is 10.8. The molecule has 3 heterocycles. The number of hydrogen-bond donors (Lipinski definition) is 2. The molecular formula is C11H10N6S. The van der Waals surface area contributed by atoms with E-state index in [-0.39, 0.29) is 0 Å². The van der Waals surface area contributed by atoms with Gasteiger partial charge in [0.05, 0.1) is 5.39 Å². The Morgan fingerprint density at radius 2 is 2.22 bits per heavy atom. The molecule has 0 radical (unpaired) electrons. The van der Waals surface area contributed by atoms with E-state index in [9.17, 15) is 0 Å². The minimum Gasteiger partial charge on any atom is -0.308 e. The van der Waals surface area contributed by atoms with Crippen molar-refractivity contribution >= 4 is 27.4 Å². The van der Waals surface area contributed by atoms with Crippen molar-refractivity contribution in [3.63, 3.8) is 0 Å². The number of nitrogens with one attached hydrogen (secondary N) is 1. The highest BCUT2D eigenvalue weighted by molar-refractivity contribution is 7.18. The van der Waals surface area contributed by atoms with Crippen LogP contribution in [0.5, 0.6) is 0 Å². The van der Waals surface area contributed by atoms with E-state index >= 15 is 0 Å². The van der Waals surface area contributed by atoms with Gasteiger partial charge in [-0.15, -0.1) is 11.3 Å². The lowest BCUT2D eigenvalue weighted by molar-refractivity contribution is 1.12. The van der Waals surface area contributed by atoms with Crippen LogP contribution in [0.15, 0.2) is 24.7 Å². The molecule has 18 heavy (non-hydrogen) atoms. The number of rotatable bonds is 2. The van der Waals surface area contributed by atoms with Gasteiger partial charge in [0.1, 0.15) is 16.9 Å². The molecule has 0 aliphatic carbocycles. The van der Waals surface area contributed by atoms with E-state index in [1.54, 1.807) is 23.6 Å². The summed E-state index contributed by atoms with van der Waals surface area (Å²) in [6.45, 7) is 2.02. The summed E-state index contributed by atoms with van der Waals surface area (Å²) in [4.78, 5) is 18.9. The number of nitrogen functional groups attached to an aromatic ring is 1. The van der Waals surface area contributed by atoms with E-state index < -0.39 is 0 Å². The number of hydrogen-bond acceptors (Lipinski definition) is 7. The summed E-state index contributed by atoms with van der Waals surface area (Å²) in [6, 6.07) is 3.78. The van der Waals surface area contributed by atoms with Gasteiger partial charge >= 0.3 is 0 Å². The fraction of sp³-hybridized carbons (Fsp3) is 0.0909. The van der Waals surface area contributed by atoms with Crippen molar-refractivity contribution in [2.24, 2.45) is 5.84 Å². The van der Waals surface area contributed by atoms with Crippen molar-refractivity contribution in [3.05, 3.63) is 29.5 Å². The summed E-state index contributed by atoms with van der Waals surface area (Å²) in [6.07, 6.45) is 3.13. The van der Waals surface area contributed by atoms with Crippen molar-refractivity contribution in [2.45, 2.75) is 6.92 Å². The van der Waals surface area contributed by atoms with E-state index in [0.717, 1.165) is 15.1 Å². The van der Waals surface area contributed by atoms with Crippen LogP contribution in [-0.4, -0.2) is 19.9 Å². The summed E-state index contributed by atoms with van der Waals surface area (Å²) < 4.78 is 0. The topological polar surface area (TPSA) is 89.6 Å². The highest BCUT2D eigenvalue weighted by atomic mass is 32.1. The molecule has 3 rings (SSSR count). The monoisotopic (exact) mass is 258 g/mol. The molecule has 0 spiro atoms. The first-order chi connectivity index (χ1) is 8.78.